The van der Waals surface area contributed by atoms with Crippen molar-refractivity contribution in [2.45, 2.75) is 38.5 Å². The van der Waals surface area contributed by atoms with Crippen molar-refractivity contribution in [3.8, 4) is 0 Å². The lowest BCUT2D eigenvalue weighted by Gasteiger charge is -2.05. The number of carbonyl (C=O) groups excluding carboxylic acids is 1. The molecule has 2 aromatic rings. The second-order valence-electron chi connectivity index (χ2n) is 5.31. The molecule has 0 spiro atoms. The Hall–Kier alpha value is -2.23. The molecule has 115 valence electrons. The first kappa shape index (κ1) is 16.1. The molecule has 0 aliphatic carbocycles. The topological polar surface area (TPSA) is 68.9 Å². The van der Waals surface area contributed by atoms with Gasteiger partial charge in [-0.3, -0.25) is 14.8 Å². The maximum atomic E-state index is 11.3. The van der Waals surface area contributed by atoms with Crippen LogP contribution in [0.15, 0.2) is 42.9 Å². The van der Waals surface area contributed by atoms with Crippen molar-refractivity contribution < 1.29 is 4.79 Å². The predicted octanol–water partition coefficient (Wildman–Crippen LogP) is 3.13. The fourth-order valence-corrected chi connectivity index (χ4v) is 2.44. The predicted molar refractivity (Wildman–Crippen MR) is 87.2 cm³/mol. The number of pyridine rings is 2. The molecule has 4 heteroatoms. The Morgan fingerprint density at radius 2 is 1.86 bits per heavy atom. The molecule has 0 saturated carbocycles. The van der Waals surface area contributed by atoms with E-state index >= 15 is 0 Å². The molecule has 0 unspecified atom stereocenters. The van der Waals surface area contributed by atoms with E-state index in [9.17, 15) is 4.79 Å². The lowest BCUT2D eigenvalue weighted by molar-refractivity contribution is 0.0994. The molecule has 1 radical (unpaired) electrons. The van der Waals surface area contributed by atoms with Crippen LogP contribution in [0.2, 0.25) is 0 Å². The number of carbonyl (C=O) groups is 1. The third-order valence-electron chi connectivity index (χ3n) is 3.58. The normalized spacial score (nSPS) is 10.5. The fourth-order valence-electron chi connectivity index (χ4n) is 2.44. The Labute approximate surface area is 131 Å². The summed E-state index contributed by atoms with van der Waals surface area (Å²) in [7, 11) is 0. The summed E-state index contributed by atoms with van der Waals surface area (Å²) in [5.41, 5.74) is 7.96. The number of hydrogen-bond donors (Lipinski definition) is 1. The number of primary amides is 1. The van der Waals surface area contributed by atoms with E-state index in [4.69, 9.17) is 5.73 Å². The molecule has 0 bridgehead atoms. The van der Waals surface area contributed by atoms with Crippen LogP contribution in [0.1, 0.15) is 47.3 Å². The zero-order valence-electron chi connectivity index (χ0n) is 12.7. The van der Waals surface area contributed by atoms with Gasteiger partial charge in [-0.05, 0) is 68.2 Å². The van der Waals surface area contributed by atoms with Crippen molar-refractivity contribution in [3.63, 3.8) is 0 Å². The van der Waals surface area contributed by atoms with Crippen molar-refractivity contribution in [3.05, 3.63) is 66.1 Å². The van der Waals surface area contributed by atoms with Crippen LogP contribution in [-0.4, -0.2) is 15.9 Å². The average Bonchev–Trinajstić information content (AvgIpc) is 2.55. The number of amides is 1. The van der Waals surface area contributed by atoms with Gasteiger partial charge in [0.15, 0.2) is 0 Å². The van der Waals surface area contributed by atoms with E-state index < -0.39 is 5.91 Å². The molecule has 0 saturated heterocycles. The van der Waals surface area contributed by atoms with Gasteiger partial charge in [0.05, 0.1) is 0 Å². The quantitative estimate of drug-likeness (QED) is 0.723. The molecule has 0 aliphatic heterocycles. The highest BCUT2D eigenvalue weighted by Gasteiger charge is 2.08. The second kappa shape index (κ2) is 8.93. The minimum Gasteiger partial charge on any atom is -0.364 e. The smallest absolute Gasteiger partial charge is 0.267 e. The summed E-state index contributed by atoms with van der Waals surface area (Å²) in [5.74, 6) is -0.448. The molecule has 1 amide bonds. The summed E-state index contributed by atoms with van der Waals surface area (Å²) in [5, 5.41) is 0. The van der Waals surface area contributed by atoms with Gasteiger partial charge >= 0.3 is 0 Å². The van der Waals surface area contributed by atoms with Gasteiger partial charge in [0.2, 0.25) is 0 Å². The van der Waals surface area contributed by atoms with Gasteiger partial charge < -0.3 is 5.73 Å². The number of aromatic nitrogens is 2. The number of nitrogens with two attached hydrogens (primary N) is 1. The SMILES string of the molecule is NC(=O)c1ncccc1CCC[CH]CCCc1cccnc1. The Morgan fingerprint density at radius 1 is 1.09 bits per heavy atom. The zero-order chi connectivity index (χ0) is 15.6. The summed E-state index contributed by atoms with van der Waals surface area (Å²) in [6.45, 7) is 0. The minimum atomic E-state index is -0.448. The Kier molecular flexibility index (Phi) is 6.55. The van der Waals surface area contributed by atoms with Gasteiger partial charge in [0.1, 0.15) is 5.69 Å². The number of aryl methyl sites for hydroxylation is 2. The van der Waals surface area contributed by atoms with Crippen LogP contribution in [0, 0.1) is 6.42 Å². The van der Waals surface area contributed by atoms with Crippen LogP contribution in [-0.2, 0) is 12.8 Å². The fraction of sp³-hybridized carbons (Fsp3) is 0.333. The number of rotatable bonds is 9. The van der Waals surface area contributed by atoms with Gasteiger partial charge in [-0.25, -0.2) is 0 Å². The number of hydrogen-bond acceptors (Lipinski definition) is 3. The highest BCUT2D eigenvalue weighted by molar-refractivity contribution is 5.92. The van der Waals surface area contributed by atoms with Crippen molar-refractivity contribution >= 4 is 5.91 Å². The number of unbranched alkanes of at least 4 members (excludes halogenated alkanes) is 4. The van der Waals surface area contributed by atoms with Gasteiger partial charge in [0, 0.05) is 18.6 Å². The molecule has 22 heavy (non-hydrogen) atoms. The first-order chi connectivity index (χ1) is 10.8. The molecule has 0 fully saturated rings. The third-order valence-corrected chi connectivity index (χ3v) is 3.58. The Bertz CT molecular complexity index is 584. The van der Waals surface area contributed by atoms with E-state index in [1.807, 2.05) is 24.4 Å². The highest BCUT2D eigenvalue weighted by Crippen LogP contribution is 2.12. The summed E-state index contributed by atoms with van der Waals surface area (Å²) in [6.07, 6.45) is 13.9. The van der Waals surface area contributed by atoms with Crippen LogP contribution in [0.25, 0.3) is 0 Å². The van der Waals surface area contributed by atoms with Crippen LogP contribution in [0.3, 0.4) is 0 Å². The van der Waals surface area contributed by atoms with Crippen LogP contribution >= 0.6 is 0 Å². The maximum absolute atomic E-state index is 11.3. The first-order valence-corrected chi connectivity index (χ1v) is 7.71. The molecule has 2 N–H and O–H groups in total. The maximum Gasteiger partial charge on any atom is 0.267 e. The van der Waals surface area contributed by atoms with Gasteiger partial charge in [-0.15, -0.1) is 0 Å². The third kappa shape index (κ3) is 5.28. The second-order valence-corrected chi connectivity index (χ2v) is 5.31. The molecular weight excluding hydrogens is 274 g/mol. The van der Waals surface area contributed by atoms with Gasteiger partial charge in [0.25, 0.3) is 5.91 Å². The number of nitrogens with zero attached hydrogens (tertiary/aromatic N) is 2. The summed E-state index contributed by atoms with van der Waals surface area (Å²) >= 11 is 0. The van der Waals surface area contributed by atoms with E-state index in [1.54, 1.807) is 12.4 Å². The summed E-state index contributed by atoms with van der Waals surface area (Å²) < 4.78 is 0. The van der Waals surface area contributed by atoms with E-state index in [0.717, 1.165) is 44.1 Å². The van der Waals surface area contributed by atoms with Gasteiger partial charge in [-0.2, -0.15) is 0 Å². The van der Waals surface area contributed by atoms with E-state index in [2.05, 4.69) is 22.5 Å². The minimum absolute atomic E-state index is 0.402. The van der Waals surface area contributed by atoms with Crippen LogP contribution in [0.4, 0.5) is 0 Å². The van der Waals surface area contributed by atoms with E-state index in [-0.39, 0.29) is 0 Å². The highest BCUT2D eigenvalue weighted by atomic mass is 16.1. The first-order valence-electron chi connectivity index (χ1n) is 7.71. The monoisotopic (exact) mass is 296 g/mol. The molecule has 2 heterocycles. The Balaban J connectivity index is 1.61. The molecule has 2 aromatic heterocycles. The largest absolute Gasteiger partial charge is 0.364 e. The lowest BCUT2D eigenvalue weighted by Crippen LogP contribution is -2.15. The molecule has 0 atom stereocenters. The zero-order valence-corrected chi connectivity index (χ0v) is 12.7. The van der Waals surface area contributed by atoms with Crippen molar-refractivity contribution in [2.75, 3.05) is 0 Å². The van der Waals surface area contributed by atoms with Crippen LogP contribution in [0.5, 0.6) is 0 Å². The standard InChI is InChI=1S/C18H22N3O/c19-18(22)17-16(11-7-13-21-17)10-5-3-1-2-4-8-15-9-6-12-20-14-15/h1,6-7,9,11-14H,2-5,8,10H2,(H2,19,22). The summed E-state index contributed by atoms with van der Waals surface area (Å²) in [6, 6.07) is 7.86. The van der Waals surface area contributed by atoms with E-state index in [1.165, 1.54) is 5.56 Å². The van der Waals surface area contributed by atoms with Crippen molar-refractivity contribution in [1.82, 2.24) is 9.97 Å². The van der Waals surface area contributed by atoms with E-state index in [0.29, 0.717) is 5.69 Å². The van der Waals surface area contributed by atoms with Crippen LogP contribution < -0.4 is 5.73 Å². The molecule has 2 rings (SSSR count). The Morgan fingerprint density at radius 3 is 2.59 bits per heavy atom. The van der Waals surface area contributed by atoms with Crippen molar-refractivity contribution in [1.29, 1.82) is 0 Å². The molecule has 4 nitrogen and oxygen atoms in total. The summed E-state index contributed by atoms with van der Waals surface area (Å²) in [4.78, 5) is 19.4. The average molecular weight is 296 g/mol. The lowest BCUT2D eigenvalue weighted by atomic mass is 10.0. The molecule has 0 aliphatic rings. The molecule has 0 aromatic carbocycles. The van der Waals surface area contributed by atoms with Gasteiger partial charge in [-0.1, -0.05) is 12.1 Å². The molecular formula is C18H22N3O. The van der Waals surface area contributed by atoms with Crippen molar-refractivity contribution in [2.24, 2.45) is 5.73 Å².